The van der Waals surface area contributed by atoms with E-state index in [-0.39, 0.29) is 30.6 Å². The van der Waals surface area contributed by atoms with Crippen LogP contribution in [-0.2, 0) is 19.0 Å². The minimum absolute atomic E-state index is 0.105. The number of carbonyl (C=O) groups excluding carboxylic acids is 1. The number of nitrogens with one attached hydrogen (secondary N) is 2. The molecule has 2 saturated heterocycles. The second-order valence-electron chi connectivity index (χ2n) is 10.1. The summed E-state index contributed by atoms with van der Waals surface area (Å²) in [6, 6.07) is 7.47. The van der Waals surface area contributed by atoms with Gasteiger partial charge in [-0.1, -0.05) is 0 Å². The molecule has 5 rings (SSSR count). The first-order chi connectivity index (χ1) is 18.9. The summed E-state index contributed by atoms with van der Waals surface area (Å²) in [4.78, 5) is 33.5. The third-order valence-corrected chi connectivity index (χ3v) is 6.98. The molecule has 2 N–H and O–H groups in total. The summed E-state index contributed by atoms with van der Waals surface area (Å²) in [5.74, 6) is 0.583. The minimum Gasteiger partial charge on any atom is -0.366 e. The highest BCUT2D eigenvalue weighted by Crippen LogP contribution is 2.38. The van der Waals surface area contributed by atoms with Crippen LogP contribution in [0.3, 0.4) is 0 Å². The van der Waals surface area contributed by atoms with Crippen molar-refractivity contribution in [3.8, 4) is 22.6 Å². The Balaban J connectivity index is 1.55. The van der Waals surface area contributed by atoms with Gasteiger partial charge >= 0.3 is 0 Å². The van der Waals surface area contributed by atoms with E-state index in [2.05, 4.69) is 20.2 Å². The van der Waals surface area contributed by atoms with Gasteiger partial charge in [0.05, 0.1) is 49.0 Å². The Kier molecular flexibility index (Phi) is 8.46. The van der Waals surface area contributed by atoms with Crippen LogP contribution in [0, 0.1) is 11.7 Å². The molecule has 0 saturated carbocycles. The van der Waals surface area contributed by atoms with E-state index in [4.69, 9.17) is 24.2 Å². The first kappa shape index (κ1) is 27.1. The predicted octanol–water partition coefficient (Wildman–Crippen LogP) is 2.55. The molecule has 11 nitrogen and oxygen atoms in total. The zero-order valence-corrected chi connectivity index (χ0v) is 22.3. The molecule has 2 aromatic heterocycles. The summed E-state index contributed by atoms with van der Waals surface area (Å²) < 4.78 is 31.2. The second kappa shape index (κ2) is 12.2. The van der Waals surface area contributed by atoms with Crippen molar-refractivity contribution < 1.29 is 23.4 Å². The summed E-state index contributed by atoms with van der Waals surface area (Å²) >= 11 is 0. The fraction of sp³-hybridized carbons (Fsp3) is 0.481. The molecule has 2 aliphatic rings. The number of morpholine rings is 1. The standard InChI is InChI=1S/C27H34FN7O4/c1-17-12-39-25(24(35(17)15-36)19-13-37-16-38-14-19)26-32-22(18-4-6-20(28)7-5-18)23(33-26)21-8-9-29-27(31-21)30-10-11-34(2)3/h4-9,15,17,19,24-25H,10-14,16H2,1-3H3,(H,32,33)(H,29,30,31). The number of aromatic amines is 1. The number of hydrogen-bond donors (Lipinski definition) is 2. The molecule has 12 heteroatoms. The first-order valence-electron chi connectivity index (χ1n) is 13.0. The molecular weight excluding hydrogens is 505 g/mol. The highest BCUT2D eigenvalue weighted by atomic mass is 19.1. The smallest absolute Gasteiger partial charge is 0.223 e. The Bertz CT molecular complexity index is 1250. The molecule has 3 aromatic rings. The lowest BCUT2D eigenvalue weighted by Gasteiger charge is -2.46. The number of amides is 1. The van der Waals surface area contributed by atoms with Gasteiger partial charge in [-0.25, -0.2) is 19.3 Å². The average Bonchev–Trinajstić information content (AvgIpc) is 3.39. The number of likely N-dealkylation sites (N-methyl/N-ethyl adjacent to an activating group) is 1. The van der Waals surface area contributed by atoms with E-state index in [9.17, 15) is 9.18 Å². The van der Waals surface area contributed by atoms with Crippen LogP contribution in [0.4, 0.5) is 10.3 Å². The third-order valence-electron chi connectivity index (χ3n) is 6.98. The highest BCUT2D eigenvalue weighted by Gasteiger charge is 2.44. The van der Waals surface area contributed by atoms with Gasteiger partial charge in [0.15, 0.2) is 0 Å². The average molecular weight is 540 g/mol. The number of anilines is 1. The van der Waals surface area contributed by atoms with Crippen LogP contribution < -0.4 is 5.32 Å². The summed E-state index contributed by atoms with van der Waals surface area (Å²) in [5.41, 5.74) is 2.57. The Hall–Kier alpha value is -3.45. The Morgan fingerprint density at radius 3 is 2.64 bits per heavy atom. The van der Waals surface area contributed by atoms with Gasteiger partial charge < -0.3 is 34.3 Å². The molecule has 0 spiro atoms. The van der Waals surface area contributed by atoms with Crippen molar-refractivity contribution >= 4 is 12.4 Å². The lowest BCUT2D eigenvalue weighted by molar-refractivity contribution is -0.184. The van der Waals surface area contributed by atoms with Gasteiger partial charge in [0.1, 0.15) is 24.5 Å². The van der Waals surface area contributed by atoms with Gasteiger partial charge in [0.25, 0.3) is 0 Å². The number of carbonyl (C=O) groups is 1. The Morgan fingerprint density at radius 1 is 1.15 bits per heavy atom. The van der Waals surface area contributed by atoms with Crippen LogP contribution in [0.2, 0.25) is 0 Å². The number of hydrogen-bond acceptors (Lipinski definition) is 9. The number of benzene rings is 1. The Morgan fingerprint density at radius 2 is 1.92 bits per heavy atom. The number of rotatable bonds is 9. The SMILES string of the molecule is CC1COC(c2nc(-c3ccc(F)cc3)c(-c3ccnc(NCCN(C)C)n3)[nH]2)C(C2COCOC2)N1C=O. The lowest BCUT2D eigenvalue weighted by atomic mass is 9.91. The van der Waals surface area contributed by atoms with E-state index in [0.717, 1.165) is 13.0 Å². The van der Waals surface area contributed by atoms with Crippen LogP contribution in [0.15, 0.2) is 36.5 Å². The van der Waals surface area contributed by atoms with E-state index < -0.39 is 6.10 Å². The van der Waals surface area contributed by atoms with Crippen LogP contribution in [0.25, 0.3) is 22.6 Å². The van der Waals surface area contributed by atoms with Crippen LogP contribution in [-0.4, -0.2) is 102 Å². The molecule has 3 atom stereocenters. The molecule has 1 amide bonds. The minimum atomic E-state index is -0.561. The molecule has 2 fully saturated rings. The van der Waals surface area contributed by atoms with Crippen molar-refractivity contribution in [3.63, 3.8) is 0 Å². The van der Waals surface area contributed by atoms with Crippen molar-refractivity contribution in [2.45, 2.75) is 25.1 Å². The van der Waals surface area contributed by atoms with Crippen LogP contribution in [0.1, 0.15) is 18.9 Å². The quantitative estimate of drug-likeness (QED) is 0.396. The van der Waals surface area contributed by atoms with Gasteiger partial charge in [-0.2, -0.15) is 0 Å². The number of ether oxygens (including phenoxy) is 3. The van der Waals surface area contributed by atoms with Gasteiger partial charge in [0.2, 0.25) is 12.4 Å². The fourth-order valence-corrected chi connectivity index (χ4v) is 4.99. The highest BCUT2D eigenvalue weighted by molar-refractivity contribution is 5.77. The molecule has 208 valence electrons. The van der Waals surface area contributed by atoms with Crippen molar-refractivity contribution in [2.24, 2.45) is 5.92 Å². The van der Waals surface area contributed by atoms with Gasteiger partial charge in [-0.15, -0.1) is 0 Å². The number of halogens is 1. The Labute approximate surface area is 226 Å². The second-order valence-corrected chi connectivity index (χ2v) is 10.1. The number of aromatic nitrogens is 4. The number of imidazole rings is 1. The van der Waals surface area contributed by atoms with Crippen molar-refractivity contribution in [1.29, 1.82) is 0 Å². The zero-order chi connectivity index (χ0) is 27.4. The monoisotopic (exact) mass is 539 g/mol. The van der Waals surface area contributed by atoms with E-state index in [0.29, 0.717) is 60.8 Å². The molecule has 4 heterocycles. The summed E-state index contributed by atoms with van der Waals surface area (Å²) in [6.07, 6.45) is 1.98. The summed E-state index contributed by atoms with van der Waals surface area (Å²) in [7, 11) is 4.00. The molecule has 0 bridgehead atoms. The topological polar surface area (TPSA) is 118 Å². The third kappa shape index (κ3) is 6.09. The van der Waals surface area contributed by atoms with E-state index in [1.54, 1.807) is 29.3 Å². The normalized spacial score (nSPS) is 22.3. The van der Waals surface area contributed by atoms with E-state index >= 15 is 0 Å². The van der Waals surface area contributed by atoms with Crippen molar-refractivity contribution in [2.75, 3.05) is 59.1 Å². The molecule has 3 unspecified atom stereocenters. The predicted molar refractivity (Wildman–Crippen MR) is 142 cm³/mol. The largest absolute Gasteiger partial charge is 0.366 e. The summed E-state index contributed by atoms with van der Waals surface area (Å²) in [5, 5.41) is 3.25. The zero-order valence-electron chi connectivity index (χ0n) is 22.3. The lowest BCUT2D eigenvalue weighted by Crippen LogP contribution is -2.57. The maximum absolute atomic E-state index is 13.8. The maximum Gasteiger partial charge on any atom is 0.223 e. The van der Waals surface area contributed by atoms with Gasteiger partial charge in [-0.05, 0) is 51.4 Å². The van der Waals surface area contributed by atoms with E-state index in [1.165, 1.54) is 12.1 Å². The molecule has 0 aliphatic carbocycles. The number of nitrogens with zero attached hydrogens (tertiary/aromatic N) is 5. The maximum atomic E-state index is 13.8. The van der Waals surface area contributed by atoms with Crippen molar-refractivity contribution in [3.05, 3.63) is 48.2 Å². The molecular formula is C27H34FN7O4. The summed E-state index contributed by atoms with van der Waals surface area (Å²) in [6.45, 7) is 4.90. The molecule has 2 aliphatic heterocycles. The first-order valence-corrected chi connectivity index (χ1v) is 13.0. The van der Waals surface area contributed by atoms with E-state index in [1.807, 2.05) is 21.0 Å². The van der Waals surface area contributed by atoms with Crippen molar-refractivity contribution in [1.82, 2.24) is 29.7 Å². The van der Waals surface area contributed by atoms with Gasteiger partial charge in [-0.3, -0.25) is 4.79 Å². The molecule has 0 radical (unpaired) electrons. The molecule has 1 aromatic carbocycles. The molecule has 39 heavy (non-hydrogen) atoms. The van der Waals surface area contributed by atoms with Gasteiger partial charge in [0, 0.05) is 30.8 Å². The van der Waals surface area contributed by atoms with Crippen LogP contribution >= 0.6 is 0 Å². The number of H-pyrrole nitrogens is 1. The fourth-order valence-electron chi connectivity index (χ4n) is 4.99. The van der Waals surface area contributed by atoms with Crippen LogP contribution in [0.5, 0.6) is 0 Å².